The molecular weight excluding hydrogens is 391 g/mol. The quantitative estimate of drug-likeness (QED) is 0.272. The third-order valence-corrected chi connectivity index (χ3v) is 6.41. The van der Waals surface area contributed by atoms with Crippen molar-refractivity contribution < 1.29 is 27.9 Å². The van der Waals surface area contributed by atoms with E-state index in [0.717, 1.165) is 37.9 Å². The Morgan fingerprint density at radius 2 is 1.63 bits per heavy atom. The molecule has 2 N–H and O–H groups in total. The topological polar surface area (TPSA) is 95.1 Å². The van der Waals surface area contributed by atoms with Crippen molar-refractivity contribution in [2.45, 2.75) is 38.5 Å². The number of ether oxygens (including phenoxy) is 1. The molecule has 0 aliphatic heterocycles. The summed E-state index contributed by atoms with van der Waals surface area (Å²) in [6.07, 6.45) is 6.73. The Labute approximate surface area is 168 Å². The minimum Gasteiger partial charge on any atom is -0.448 e. The van der Waals surface area contributed by atoms with Crippen molar-refractivity contribution in [2.75, 3.05) is 59.2 Å². The van der Waals surface area contributed by atoms with Crippen LogP contribution in [-0.2, 0) is 23.1 Å². The number of thioether (sulfide) groups is 1. The van der Waals surface area contributed by atoms with Crippen LogP contribution < -0.4 is 10.6 Å². The average Bonchev–Trinajstić information content (AvgIpc) is 2.67. The second kappa shape index (κ2) is 17.5. The molecule has 0 spiro atoms. The summed E-state index contributed by atoms with van der Waals surface area (Å²) < 4.78 is 21.1. The molecule has 0 aromatic heterocycles. The second-order valence-corrected chi connectivity index (χ2v) is 9.41. The Balaban J connectivity index is 3.43. The van der Waals surface area contributed by atoms with Gasteiger partial charge in [0.05, 0.1) is 27.4 Å². The lowest BCUT2D eigenvalue weighted by atomic mass is 10.2. The molecule has 10 heteroatoms. The fraction of sp³-hybridized carbons (Fsp3) is 0.882. The van der Waals surface area contributed by atoms with Gasteiger partial charge in [-0.05, 0) is 31.3 Å². The number of nitrogens with one attached hydrogen (secondary N) is 2. The number of hydrogen-bond acceptors (Lipinski definition) is 7. The summed E-state index contributed by atoms with van der Waals surface area (Å²) in [4.78, 5) is 23.0. The van der Waals surface area contributed by atoms with Gasteiger partial charge in [0.15, 0.2) is 0 Å². The summed E-state index contributed by atoms with van der Waals surface area (Å²) in [6.45, 7) is 3.53. The molecule has 0 bridgehead atoms. The number of amides is 2. The highest BCUT2D eigenvalue weighted by molar-refractivity contribution is 7.98. The molecule has 0 unspecified atom stereocenters. The van der Waals surface area contributed by atoms with E-state index in [1.54, 1.807) is 26.0 Å². The summed E-state index contributed by atoms with van der Waals surface area (Å²) in [7, 11) is 1.04. The van der Waals surface area contributed by atoms with Crippen molar-refractivity contribution in [1.29, 1.82) is 0 Å². The maximum atomic E-state index is 11.5. The Kier molecular flexibility index (Phi) is 17.1. The van der Waals surface area contributed by atoms with Crippen molar-refractivity contribution in [3.05, 3.63) is 0 Å². The van der Waals surface area contributed by atoms with E-state index in [4.69, 9.17) is 18.3 Å². The SMILES string of the molecule is CO[P+](C)(OC)OCCCCCCNC(=O)OCCNC(=O)CCCSC. The van der Waals surface area contributed by atoms with E-state index < -0.39 is 14.0 Å². The third-order valence-electron chi connectivity index (χ3n) is 3.74. The zero-order valence-electron chi connectivity index (χ0n) is 17.1. The van der Waals surface area contributed by atoms with E-state index in [9.17, 15) is 9.59 Å². The monoisotopic (exact) mass is 427 g/mol. The largest absolute Gasteiger partial charge is 0.448 e. The van der Waals surface area contributed by atoms with E-state index in [2.05, 4.69) is 10.6 Å². The molecular formula is C17H36N2O6PS+. The van der Waals surface area contributed by atoms with Crippen molar-refractivity contribution in [3.8, 4) is 0 Å². The van der Waals surface area contributed by atoms with Crippen LogP contribution in [0.5, 0.6) is 0 Å². The Morgan fingerprint density at radius 3 is 2.30 bits per heavy atom. The van der Waals surface area contributed by atoms with Gasteiger partial charge in [-0.1, -0.05) is 12.8 Å². The molecule has 0 saturated carbocycles. The molecule has 160 valence electrons. The number of rotatable bonds is 17. The second-order valence-electron chi connectivity index (χ2n) is 5.89. The van der Waals surface area contributed by atoms with E-state index in [-0.39, 0.29) is 12.5 Å². The predicted octanol–water partition coefficient (Wildman–Crippen LogP) is 3.23. The summed E-state index contributed by atoms with van der Waals surface area (Å²) in [5.41, 5.74) is 0. The lowest BCUT2D eigenvalue weighted by molar-refractivity contribution is -0.121. The highest BCUT2D eigenvalue weighted by Crippen LogP contribution is 2.57. The molecule has 2 amide bonds. The summed E-state index contributed by atoms with van der Waals surface area (Å²) in [5.74, 6) is 0.968. The average molecular weight is 428 g/mol. The number of carbonyl (C=O) groups excluding carboxylic acids is 2. The maximum Gasteiger partial charge on any atom is 0.407 e. The summed E-state index contributed by atoms with van der Waals surface area (Å²) in [6, 6.07) is 0. The Hall–Kier alpha value is -0.600. The van der Waals surface area contributed by atoms with Gasteiger partial charge in [0, 0.05) is 13.0 Å². The molecule has 0 fully saturated rings. The van der Waals surface area contributed by atoms with Gasteiger partial charge in [-0.25, -0.2) is 4.79 Å². The van der Waals surface area contributed by atoms with Crippen molar-refractivity contribution >= 4 is 31.7 Å². The van der Waals surface area contributed by atoms with Gasteiger partial charge in [0.2, 0.25) is 5.91 Å². The van der Waals surface area contributed by atoms with Gasteiger partial charge >= 0.3 is 14.0 Å². The zero-order valence-corrected chi connectivity index (χ0v) is 18.8. The molecule has 0 heterocycles. The number of carbonyl (C=O) groups is 2. The number of unbranched alkanes of at least 4 members (excludes halogenated alkanes) is 3. The molecule has 0 aromatic carbocycles. The van der Waals surface area contributed by atoms with Gasteiger partial charge < -0.3 is 15.4 Å². The lowest BCUT2D eigenvalue weighted by Crippen LogP contribution is -2.31. The smallest absolute Gasteiger partial charge is 0.407 e. The molecule has 0 aromatic rings. The fourth-order valence-electron chi connectivity index (χ4n) is 2.03. The van der Waals surface area contributed by atoms with Crippen LogP contribution in [0.2, 0.25) is 0 Å². The molecule has 0 aliphatic rings. The van der Waals surface area contributed by atoms with E-state index in [1.165, 1.54) is 0 Å². The lowest BCUT2D eigenvalue weighted by Gasteiger charge is -2.14. The molecule has 27 heavy (non-hydrogen) atoms. The highest BCUT2D eigenvalue weighted by Gasteiger charge is 2.35. The predicted molar refractivity (Wildman–Crippen MR) is 111 cm³/mol. The molecule has 0 saturated heterocycles. The molecule has 8 nitrogen and oxygen atoms in total. The minimum absolute atomic E-state index is 0.00418. The first kappa shape index (κ1) is 26.4. The zero-order chi connectivity index (χ0) is 20.4. The molecule has 0 rings (SSSR count). The number of alkyl carbamates (subject to hydrolysis) is 1. The molecule has 0 aliphatic carbocycles. The summed E-state index contributed by atoms with van der Waals surface area (Å²) >= 11 is 1.72. The maximum absolute atomic E-state index is 11.5. The van der Waals surface area contributed by atoms with Crippen LogP contribution in [-0.4, -0.2) is 71.2 Å². The Bertz CT molecular complexity index is 400. The standard InChI is InChI=1S/C17H35N2O6PS/c1-22-26(3,23-2)25-13-8-6-5-7-11-19-17(21)24-14-12-18-16(20)10-9-15-27-4/h5-15H2,1-4H3,(H-,18,19,20,21)/p+1. The molecule has 0 atom stereocenters. The fourth-order valence-corrected chi connectivity index (χ4v) is 3.29. The van der Waals surface area contributed by atoms with Gasteiger partial charge in [-0.15, -0.1) is 0 Å². The van der Waals surface area contributed by atoms with Gasteiger partial charge in [0.1, 0.15) is 13.3 Å². The first-order valence-electron chi connectivity index (χ1n) is 9.26. The van der Waals surface area contributed by atoms with Gasteiger partial charge in [-0.2, -0.15) is 25.3 Å². The van der Waals surface area contributed by atoms with Crippen LogP contribution in [0, 0.1) is 0 Å². The van der Waals surface area contributed by atoms with Crippen LogP contribution in [0.25, 0.3) is 0 Å². The first-order chi connectivity index (χ1) is 13.0. The van der Waals surface area contributed by atoms with Crippen molar-refractivity contribution in [2.24, 2.45) is 0 Å². The van der Waals surface area contributed by atoms with E-state index in [0.29, 0.717) is 26.1 Å². The van der Waals surface area contributed by atoms with Crippen LogP contribution >= 0.6 is 19.7 Å². The molecule has 0 radical (unpaired) electrons. The van der Waals surface area contributed by atoms with Crippen molar-refractivity contribution in [3.63, 3.8) is 0 Å². The van der Waals surface area contributed by atoms with Crippen molar-refractivity contribution in [1.82, 2.24) is 10.6 Å². The van der Waals surface area contributed by atoms with Crippen LogP contribution in [0.15, 0.2) is 0 Å². The third kappa shape index (κ3) is 16.1. The van der Waals surface area contributed by atoms with Crippen LogP contribution in [0.3, 0.4) is 0 Å². The van der Waals surface area contributed by atoms with Gasteiger partial charge in [0.25, 0.3) is 0 Å². The normalized spacial score (nSPS) is 11.3. The van der Waals surface area contributed by atoms with Gasteiger partial charge in [-0.3, -0.25) is 4.79 Å². The number of hydrogen-bond donors (Lipinski definition) is 2. The minimum atomic E-state index is -2.13. The van der Waals surface area contributed by atoms with Crippen LogP contribution in [0.1, 0.15) is 38.5 Å². The first-order valence-corrected chi connectivity index (χ1v) is 12.6. The highest BCUT2D eigenvalue weighted by atomic mass is 32.2. The Morgan fingerprint density at radius 1 is 0.926 bits per heavy atom. The summed E-state index contributed by atoms with van der Waals surface area (Å²) in [5, 5.41) is 5.43. The van der Waals surface area contributed by atoms with E-state index in [1.807, 2.05) is 12.9 Å². The van der Waals surface area contributed by atoms with E-state index >= 15 is 0 Å². The van der Waals surface area contributed by atoms with Crippen LogP contribution in [0.4, 0.5) is 4.79 Å².